The quantitative estimate of drug-likeness (QED) is 0.679. The molecule has 3 N–H and O–H groups in total. The monoisotopic (exact) mass is 333 g/mol. The van der Waals surface area contributed by atoms with E-state index in [1.807, 2.05) is 42.6 Å². The van der Waals surface area contributed by atoms with Crippen LogP contribution in [0.5, 0.6) is 0 Å². The zero-order valence-corrected chi connectivity index (χ0v) is 13.6. The number of urea groups is 1. The van der Waals surface area contributed by atoms with Gasteiger partial charge in [-0.2, -0.15) is 0 Å². The second-order valence-corrected chi connectivity index (χ2v) is 5.95. The summed E-state index contributed by atoms with van der Waals surface area (Å²) in [6.45, 7) is 2.20. The lowest BCUT2D eigenvalue weighted by atomic mass is 10.2. The minimum Gasteiger partial charge on any atom is -0.481 e. The third-order valence-electron chi connectivity index (χ3n) is 3.16. The van der Waals surface area contributed by atoms with Crippen LogP contribution in [0, 0.1) is 0 Å². The fraction of sp³-hybridized carbons (Fsp3) is 0.312. The average Bonchev–Trinajstić information content (AvgIpc) is 3.02. The van der Waals surface area contributed by atoms with Gasteiger partial charge in [-0.15, -0.1) is 11.3 Å². The molecule has 0 aliphatic carbocycles. The highest BCUT2D eigenvalue weighted by atomic mass is 32.1. The number of hydrogen-bond donors (Lipinski definition) is 3. The lowest BCUT2D eigenvalue weighted by Gasteiger charge is -2.12. The van der Waals surface area contributed by atoms with Crippen LogP contribution in [0.4, 0.5) is 4.79 Å². The van der Waals surface area contributed by atoms with Crippen LogP contribution in [-0.4, -0.2) is 28.6 Å². The molecule has 2 rings (SSSR count). The van der Waals surface area contributed by atoms with E-state index < -0.39 is 5.97 Å². The van der Waals surface area contributed by atoms with Gasteiger partial charge < -0.3 is 15.7 Å². The number of nitrogens with zero attached hydrogens (tertiary/aromatic N) is 1. The molecule has 7 heteroatoms. The number of carbonyl (C=O) groups is 2. The first-order valence-electron chi connectivity index (χ1n) is 7.33. The number of nitrogens with one attached hydrogen (secondary N) is 2. The molecule has 0 saturated heterocycles. The number of aromatic nitrogens is 1. The minimum atomic E-state index is -0.864. The van der Waals surface area contributed by atoms with Crippen molar-refractivity contribution in [1.82, 2.24) is 15.6 Å². The van der Waals surface area contributed by atoms with E-state index in [1.165, 1.54) is 11.3 Å². The Labute approximate surface area is 138 Å². The van der Waals surface area contributed by atoms with Gasteiger partial charge >= 0.3 is 12.0 Å². The highest BCUT2D eigenvalue weighted by molar-refractivity contribution is 7.10. The first-order valence-corrected chi connectivity index (χ1v) is 8.21. The van der Waals surface area contributed by atoms with Gasteiger partial charge in [0.15, 0.2) is 0 Å². The van der Waals surface area contributed by atoms with Crippen molar-refractivity contribution in [3.8, 4) is 11.3 Å². The van der Waals surface area contributed by atoms with Crippen molar-refractivity contribution in [1.29, 1.82) is 0 Å². The van der Waals surface area contributed by atoms with E-state index in [4.69, 9.17) is 5.11 Å². The fourth-order valence-electron chi connectivity index (χ4n) is 1.98. The Balaban J connectivity index is 1.84. The van der Waals surface area contributed by atoms with E-state index in [1.54, 1.807) is 0 Å². The van der Waals surface area contributed by atoms with Crippen LogP contribution in [0.25, 0.3) is 11.3 Å². The lowest BCUT2D eigenvalue weighted by Crippen LogP contribution is -2.37. The van der Waals surface area contributed by atoms with E-state index in [2.05, 4.69) is 15.6 Å². The van der Waals surface area contributed by atoms with Gasteiger partial charge in [-0.05, 0) is 13.3 Å². The Morgan fingerprint density at radius 3 is 2.74 bits per heavy atom. The summed E-state index contributed by atoms with van der Waals surface area (Å²) >= 11 is 1.50. The van der Waals surface area contributed by atoms with Crippen molar-refractivity contribution in [2.75, 3.05) is 6.54 Å². The Bertz CT molecular complexity index is 658. The molecule has 1 aromatic carbocycles. The molecule has 1 atom stereocenters. The van der Waals surface area contributed by atoms with E-state index in [0.717, 1.165) is 16.3 Å². The van der Waals surface area contributed by atoms with Gasteiger partial charge in [0.05, 0.1) is 11.7 Å². The maximum atomic E-state index is 11.8. The summed E-state index contributed by atoms with van der Waals surface area (Å²) in [7, 11) is 0. The Morgan fingerprint density at radius 2 is 2.04 bits per heavy atom. The van der Waals surface area contributed by atoms with Crippen molar-refractivity contribution in [2.24, 2.45) is 0 Å². The number of carboxylic acids is 1. The van der Waals surface area contributed by atoms with Crippen LogP contribution in [0.15, 0.2) is 35.7 Å². The zero-order chi connectivity index (χ0) is 16.7. The topological polar surface area (TPSA) is 91.3 Å². The summed E-state index contributed by atoms with van der Waals surface area (Å²) in [4.78, 5) is 26.7. The highest BCUT2D eigenvalue weighted by Gasteiger charge is 2.13. The number of aliphatic carboxylic acids is 1. The molecular weight excluding hydrogens is 314 g/mol. The number of carbonyl (C=O) groups excluding carboxylic acids is 1. The molecule has 2 amide bonds. The van der Waals surface area contributed by atoms with Crippen LogP contribution < -0.4 is 10.6 Å². The predicted molar refractivity (Wildman–Crippen MR) is 89.4 cm³/mol. The molecule has 0 radical (unpaired) electrons. The third kappa shape index (κ3) is 5.37. The normalized spacial score (nSPS) is 11.7. The largest absolute Gasteiger partial charge is 0.481 e. The maximum Gasteiger partial charge on any atom is 0.315 e. The summed E-state index contributed by atoms with van der Waals surface area (Å²) in [5.41, 5.74) is 1.93. The molecule has 6 nitrogen and oxygen atoms in total. The minimum absolute atomic E-state index is 0.0444. The molecule has 0 fully saturated rings. The number of carboxylic acid groups (broad SMARTS) is 1. The number of amides is 2. The van der Waals surface area contributed by atoms with Gasteiger partial charge in [0.2, 0.25) is 0 Å². The van der Waals surface area contributed by atoms with Gasteiger partial charge in [-0.1, -0.05) is 30.3 Å². The molecule has 0 aliphatic heterocycles. The van der Waals surface area contributed by atoms with Crippen molar-refractivity contribution in [3.63, 3.8) is 0 Å². The van der Waals surface area contributed by atoms with Crippen molar-refractivity contribution in [3.05, 3.63) is 40.7 Å². The summed E-state index contributed by atoms with van der Waals surface area (Å²) in [5.74, 6) is -0.864. The van der Waals surface area contributed by atoms with E-state index in [0.29, 0.717) is 13.0 Å². The Morgan fingerprint density at radius 1 is 1.30 bits per heavy atom. The first-order chi connectivity index (χ1) is 11.1. The SMILES string of the molecule is CC(NC(=O)NCCCC(=O)O)c1nc(-c2ccccc2)cs1. The van der Waals surface area contributed by atoms with Crippen LogP contribution in [0.3, 0.4) is 0 Å². The third-order valence-corrected chi connectivity index (χ3v) is 4.19. The first kappa shape index (κ1) is 17.0. The molecule has 1 aromatic heterocycles. The van der Waals surface area contributed by atoms with Crippen molar-refractivity contribution < 1.29 is 14.7 Å². The van der Waals surface area contributed by atoms with Gasteiger partial charge in [0.1, 0.15) is 5.01 Å². The molecule has 1 heterocycles. The molecule has 0 aliphatic rings. The summed E-state index contributed by atoms with van der Waals surface area (Å²) in [6.07, 6.45) is 0.454. The van der Waals surface area contributed by atoms with Gasteiger partial charge in [-0.25, -0.2) is 9.78 Å². The lowest BCUT2D eigenvalue weighted by molar-refractivity contribution is -0.137. The number of rotatable bonds is 7. The molecule has 0 spiro atoms. The molecule has 1 unspecified atom stereocenters. The predicted octanol–water partition coefficient (Wildman–Crippen LogP) is 3.04. The van der Waals surface area contributed by atoms with E-state index >= 15 is 0 Å². The van der Waals surface area contributed by atoms with Crippen molar-refractivity contribution in [2.45, 2.75) is 25.8 Å². The molecular formula is C16H19N3O3S. The number of hydrogen-bond acceptors (Lipinski definition) is 4. The highest BCUT2D eigenvalue weighted by Crippen LogP contribution is 2.25. The number of thiazole rings is 1. The van der Waals surface area contributed by atoms with Gasteiger partial charge in [0, 0.05) is 23.9 Å². The maximum absolute atomic E-state index is 11.8. The van der Waals surface area contributed by atoms with E-state index in [-0.39, 0.29) is 18.5 Å². The van der Waals surface area contributed by atoms with Crippen LogP contribution >= 0.6 is 11.3 Å². The van der Waals surface area contributed by atoms with Crippen molar-refractivity contribution >= 4 is 23.3 Å². The fourth-order valence-corrected chi connectivity index (χ4v) is 2.81. The molecule has 2 aromatic rings. The second-order valence-electron chi connectivity index (χ2n) is 5.06. The van der Waals surface area contributed by atoms with Gasteiger partial charge in [0.25, 0.3) is 0 Å². The van der Waals surface area contributed by atoms with Crippen LogP contribution in [0.1, 0.15) is 30.8 Å². The van der Waals surface area contributed by atoms with Gasteiger partial charge in [-0.3, -0.25) is 4.79 Å². The Kier molecular flexibility index (Phi) is 6.10. The van der Waals surface area contributed by atoms with Crippen LogP contribution in [0.2, 0.25) is 0 Å². The van der Waals surface area contributed by atoms with E-state index in [9.17, 15) is 9.59 Å². The summed E-state index contributed by atoms with van der Waals surface area (Å²) < 4.78 is 0. The zero-order valence-electron chi connectivity index (χ0n) is 12.8. The molecule has 0 bridgehead atoms. The van der Waals surface area contributed by atoms with Crippen LogP contribution in [-0.2, 0) is 4.79 Å². The molecule has 0 saturated carbocycles. The molecule has 122 valence electrons. The average molecular weight is 333 g/mol. The smallest absolute Gasteiger partial charge is 0.315 e. The second kappa shape index (κ2) is 8.28. The standard InChI is InChI=1S/C16H19N3O3S/c1-11(18-16(22)17-9-5-8-14(20)21)15-19-13(10-23-15)12-6-3-2-4-7-12/h2-4,6-7,10-11H,5,8-9H2,1H3,(H,20,21)(H2,17,18,22). The Hall–Kier alpha value is -2.41. The summed E-state index contributed by atoms with van der Waals surface area (Å²) in [5, 5.41) is 16.8. The number of benzene rings is 1. The summed E-state index contributed by atoms with van der Waals surface area (Å²) in [6, 6.07) is 9.32. The molecule has 23 heavy (non-hydrogen) atoms.